The van der Waals surface area contributed by atoms with E-state index in [1.54, 1.807) is 27.7 Å². The van der Waals surface area contributed by atoms with Gasteiger partial charge in [-0.3, -0.25) is 4.90 Å². The molecule has 0 spiro atoms. The van der Waals surface area contributed by atoms with Crippen molar-refractivity contribution in [2.24, 2.45) is 0 Å². The molecule has 6 heteroatoms. The van der Waals surface area contributed by atoms with E-state index >= 15 is 0 Å². The molecule has 0 heterocycles. The predicted octanol–water partition coefficient (Wildman–Crippen LogP) is 3.49. The smallest absolute Gasteiger partial charge is 0.408 e. The highest BCUT2D eigenvalue weighted by Crippen LogP contribution is 2.37. The predicted molar refractivity (Wildman–Crippen MR) is 83.4 cm³/mol. The van der Waals surface area contributed by atoms with Crippen LogP contribution >= 0.6 is 0 Å². The topological polar surface area (TPSA) is 70.0 Å². The van der Waals surface area contributed by atoms with Crippen molar-refractivity contribution in [2.45, 2.75) is 84.5 Å². The molecule has 0 aromatic heterocycles. The summed E-state index contributed by atoms with van der Waals surface area (Å²) in [6.07, 6.45) is -2.17. The van der Waals surface area contributed by atoms with Gasteiger partial charge in [0.15, 0.2) is 14.6 Å². The van der Waals surface area contributed by atoms with Gasteiger partial charge >= 0.3 is 6.09 Å². The fourth-order valence-corrected chi connectivity index (χ4v) is 2.93. The molecule has 0 aliphatic heterocycles. The third-order valence-corrected chi connectivity index (χ3v) is 8.41. The highest BCUT2D eigenvalue weighted by atomic mass is 28.4. The number of aliphatic hydroxyl groups is 1. The van der Waals surface area contributed by atoms with Crippen LogP contribution in [-0.2, 0) is 4.43 Å². The van der Waals surface area contributed by atoms with Gasteiger partial charge < -0.3 is 14.6 Å². The molecule has 120 valence electrons. The standard InChI is InChI=1S/C14H31NO4Si/c1-10(15(12(17)18)13(2,3)4)11(16)19-20(8,9)14(5,6)7/h10-11,16H,1-9H3,(H,17,18). The van der Waals surface area contributed by atoms with Crippen molar-refractivity contribution in [3.63, 3.8) is 0 Å². The second-order valence-electron chi connectivity index (χ2n) is 7.83. The number of hydrogen-bond acceptors (Lipinski definition) is 3. The van der Waals surface area contributed by atoms with E-state index in [0.717, 1.165) is 0 Å². The summed E-state index contributed by atoms with van der Waals surface area (Å²) in [5.41, 5.74) is -0.594. The monoisotopic (exact) mass is 305 g/mol. The van der Waals surface area contributed by atoms with Gasteiger partial charge in [0, 0.05) is 5.54 Å². The van der Waals surface area contributed by atoms with Gasteiger partial charge in [0.05, 0.1) is 6.04 Å². The van der Waals surface area contributed by atoms with Gasteiger partial charge in [0.2, 0.25) is 0 Å². The zero-order valence-corrected chi connectivity index (χ0v) is 15.3. The highest BCUT2D eigenvalue weighted by Gasteiger charge is 2.42. The Kier molecular flexibility index (Phi) is 5.85. The lowest BCUT2D eigenvalue weighted by molar-refractivity contribution is -0.0939. The summed E-state index contributed by atoms with van der Waals surface area (Å²) in [5, 5.41) is 19.6. The average Bonchev–Trinajstić information content (AvgIpc) is 2.11. The summed E-state index contributed by atoms with van der Waals surface area (Å²) in [6, 6.07) is -0.623. The number of amides is 1. The Morgan fingerprint density at radius 3 is 1.80 bits per heavy atom. The highest BCUT2D eigenvalue weighted by molar-refractivity contribution is 6.74. The van der Waals surface area contributed by atoms with E-state index < -0.39 is 32.3 Å². The van der Waals surface area contributed by atoms with Crippen molar-refractivity contribution in [3.05, 3.63) is 0 Å². The van der Waals surface area contributed by atoms with Gasteiger partial charge in [0.1, 0.15) is 0 Å². The molecule has 0 aliphatic carbocycles. The molecule has 1 amide bonds. The molecule has 0 rings (SSSR count). The van der Waals surface area contributed by atoms with E-state index in [-0.39, 0.29) is 5.04 Å². The molecular formula is C14H31NO4Si. The van der Waals surface area contributed by atoms with Crippen LogP contribution in [0, 0.1) is 0 Å². The Bertz CT molecular complexity index is 344. The van der Waals surface area contributed by atoms with E-state index in [1.807, 2.05) is 13.1 Å². The van der Waals surface area contributed by atoms with Crippen molar-refractivity contribution in [1.29, 1.82) is 0 Å². The van der Waals surface area contributed by atoms with Crippen molar-refractivity contribution in [3.8, 4) is 0 Å². The van der Waals surface area contributed by atoms with Gasteiger partial charge in [-0.2, -0.15) is 0 Å². The fraction of sp³-hybridized carbons (Fsp3) is 0.929. The minimum absolute atomic E-state index is 0.0382. The number of aliphatic hydroxyl groups excluding tert-OH is 1. The Labute approximate surface area is 124 Å². The van der Waals surface area contributed by atoms with Crippen LogP contribution in [0.25, 0.3) is 0 Å². The first-order valence-electron chi connectivity index (χ1n) is 6.99. The minimum atomic E-state index is -2.14. The van der Waals surface area contributed by atoms with Crippen LogP contribution < -0.4 is 0 Å². The van der Waals surface area contributed by atoms with Gasteiger partial charge in [-0.25, -0.2) is 4.79 Å². The molecular weight excluding hydrogens is 274 g/mol. The Morgan fingerprint density at radius 1 is 1.15 bits per heavy atom. The molecule has 2 unspecified atom stereocenters. The van der Waals surface area contributed by atoms with E-state index in [4.69, 9.17) is 4.43 Å². The van der Waals surface area contributed by atoms with Crippen LogP contribution in [0.2, 0.25) is 18.1 Å². The van der Waals surface area contributed by atoms with E-state index in [1.165, 1.54) is 4.90 Å². The summed E-state index contributed by atoms with van der Waals surface area (Å²) < 4.78 is 5.88. The Balaban J connectivity index is 5.11. The quantitative estimate of drug-likeness (QED) is 0.616. The molecule has 2 N–H and O–H groups in total. The minimum Gasteiger partial charge on any atom is -0.465 e. The largest absolute Gasteiger partial charge is 0.465 e. The van der Waals surface area contributed by atoms with Crippen molar-refractivity contribution in [2.75, 3.05) is 0 Å². The number of carboxylic acid groups (broad SMARTS) is 1. The van der Waals surface area contributed by atoms with E-state index in [2.05, 4.69) is 20.8 Å². The maximum atomic E-state index is 11.4. The molecule has 0 aliphatic rings. The second-order valence-corrected chi connectivity index (χ2v) is 12.6. The van der Waals surface area contributed by atoms with Crippen molar-refractivity contribution < 1.29 is 19.4 Å². The van der Waals surface area contributed by atoms with E-state index in [0.29, 0.717) is 0 Å². The fourth-order valence-electron chi connectivity index (χ4n) is 1.78. The van der Waals surface area contributed by atoms with Crippen molar-refractivity contribution in [1.82, 2.24) is 4.90 Å². The molecule has 2 atom stereocenters. The first-order chi connectivity index (χ1) is 8.61. The molecule has 0 fully saturated rings. The maximum Gasteiger partial charge on any atom is 0.408 e. The lowest BCUT2D eigenvalue weighted by Gasteiger charge is -2.43. The van der Waals surface area contributed by atoms with Crippen LogP contribution in [0.15, 0.2) is 0 Å². The molecule has 0 saturated carbocycles. The number of hydrogen-bond donors (Lipinski definition) is 2. The lowest BCUT2D eigenvalue weighted by atomic mass is 10.0. The maximum absolute atomic E-state index is 11.4. The molecule has 0 aromatic rings. The third-order valence-electron chi connectivity index (χ3n) is 3.97. The van der Waals surface area contributed by atoms with Crippen LogP contribution in [0.5, 0.6) is 0 Å². The summed E-state index contributed by atoms with van der Waals surface area (Å²) in [5.74, 6) is 0. The first-order valence-corrected chi connectivity index (χ1v) is 9.90. The summed E-state index contributed by atoms with van der Waals surface area (Å²) in [4.78, 5) is 12.7. The summed E-state index contributed by atoms with van der Waals surface area (Å²) in [6.45, 7) is 17.4. The lowest BCUT2D eigenvalue weighted by Crippen LogP contribution is -2.57. The van der Waals surface area contributed by atoms with E-state index in [9.17, 15) is 15.0 Å². The van der Waals surface area contributed by atoms with Gasteiger partial charge in [-0.05, 0) is 45.8 Å². The zero-order chi connectivity index (χ0) is 16.5. The molecule has 0 bridgehead atoms. The van der Waals surface area contributed by atoms with Gasteiger partial charge in [-0.1, -0.05) is 20.8 Å². The van der Waals surface area contributed by atoms with Gasteiger partial charge in [-0.15, -0.1) is 0 Å². The molecule has 20 heavy (non-hydrogen) atoms. The molecule has 0 saturated heterocycles. The number of nitrogens with zero attached hydrogens (tertiary/aromatic N) is 1. The van der Waals surface area contributed by atoms with Gasteiger partial charge in [0.25, 0.3) is 0 Å². The normalized spacial score (nSPS) is 16.7. The second kappa shape index (κ2) is 6.03. The average molecular weight is 305 g/mol. The van der Waals surface area contributed by atoms with Crippen LogP contribution in [0.3, 0.4) is 0 Å². The molecule has 5 nitrogen and oxygen atoms in total. The van der Waals surface area contributed by atoms with Crippen LogP contribution in [-0.4, -0.2) is 47.4 Å². The summed E-state index contributed by atoms with van der Waals surface area (Å²) in [7, 11) is -2.14. The summed E-state index contributed by atoms with van der Waals surface area (Å²) >= 11 is 0. The Morgan fingerprint density at radius 2 is 1.55 bits per heavy atom. The van der Waals surface area contributed by atoms with Crippen molar-refractivity contribution >= 4 is 14.4 Å². The SMILES string of the molecule is CC(C(O)O[Si](C)(C)C(C)(C)C)N(C(=O)O)C(C)(C)C. The first kappa shape index (κ1) is 19.4. The van der Waals surface area contributed by atoms with Crippen LogP contribution in [0.4, 0.5) is 4.79 Å². The number of carbonyl (C=O) groups is 1. The van der Waals surface area contributed by atoms with Crippen LogP contribution in [0.1, 0.15) is 48.5 Å². The molecule has 0 aromatic carbocycles. The Hall–Kier alpha value is -0.593. The number of rotatable bonds is 4. The zero-order valence-electron chi connectivity index (χ0n) is 14.3. The third kappa shape index (κ3) is 4.75. The molecule has 0 radical (unpaired) electrons.